The van der Waals surface area contributed by atoms with Gasteiger partial charge in [0.2, 0.25) is 5.76 Å². The lowest BCUT2D eigenvalue weighted by atomic mass is 10.2. The summed E-state index contributed by atoms with van der Waals surface area (Å²) in [5.41, 5.74) is 0.288. The molecule has 0 spiro atoms. The summed E-state index contributed by atoms with van der Waals surface area (Å²) in [5.74, 6) is -0.692. The molecule has 1 aromatic heterocycles. The van der Waals surface area contributed by atoms with Gasteiger partial charge in [0.25, 0.3) is 5.91 Å². The van der Waals surface area contributed by atoms with Crippen molar-refractivity contribution in [3.05, 3.63) is 46.4 Å². The van der Waals surface area contributed by atoms with Crippen LogP contribution in [0, 0.1) is 0 Å². The minimum atomic E-state index is -1.17. The lowest BCUT2D eigenvalue weighted by Crippen LogP contribution is -2.22. The number of carbonyl (C=O) groups is 2. The molecule has 1 heterocycles. The third-order valence-corrected chi connectivity index (χ3v) is 3.52. The smallest absolute Gasteiger partial charge is 0.371 e. The SMILES string of the molecule is CCCOc1c(Cl)cc(C(=O)NCc2ccc(C(=O)O)o2)cc1OC. The zero-order valence-corrected chi connectivity index (χ0v) is 14.6. The molecular formula is C17H18ClNO6. The number of carboxylic acids is 1. The van der Waals surface area contributed by atoms with Crippen molar-refractivity contribution in [2.75, 3.05) is 13.7 Å². The molecule has 0 fully saturated rings. The predicted octanol–water partition coefficient (Wildman–Crippen LogP) is 3.36. The Hall–Kier alpha value is -2.67. The first kappa shape index (κ1) is 18.7. The first-order chi connectivity index (χ1) is 12.0. The Morgan fingerprint density at radius 3 is 2.68 bits per heavy atom. The van der Waals surface area contributed by atoms with Crippen LogP contribution in [0.25, 0.3) is 0 Å². The Balaban J connectivity index is 2.10. The highest BCUT2D eigenvalue weighted by molar-refractivity contribution is 6.32. The Morgan fingerprint density at radius 2 is 2.08 bits per heavy atom. The number of methoxy groups -OCH3 is 1. The average molecular weight is 368 g/mol. The number of carboxylic acid groups (broad SMARTS) is 1. The number of furan rings is 1. The van der Waals surface area contributed by atoms with Gasteiger partial charge in [-0.2, -0.15) is 0 Å². The number of ether oxygens (including phenoxy) is 2. The summed E-state index contributed by atoms with van der Waals surface area (Å²) in [4.78, 5) is 23.0. The van der Waals surface area contributed by atoms with Crippen LogP contribution < -0.4 is 14.8 Å². The van der Waals surface area contributed by atoms with Crippen LogP contribution in [-0.4, -0.2) is 30.7 Å². The fraction of sp³-hybridized carbons (Fsp3) is 0.294. The number of halogens is 1. The lowest BCUT2D eigenvalue weighted by molar-refractivity contribution is 0.0660. The molecule has 2 N–H and O–H groups in total. The molecule has 2 rings (SSSR count). The van der Waals surface area contributed by atoms with Crippen LogP contribution in [0.4, 0.5) is 0 Å². The van der Waals surface area contributed by atoms with E-state index in [1.54, 1.807) is 0 Å². The Morgan fingerprint density at radius 1 is 1.32 bits per heavy atom. The minimum Gasteiger partial charge on any atom is -0.493 e. The standard InChI is InChI=1S/C17H18ClNO6/c1-3-6-24-15-12(18)7-10(8-14(15)23-2)16(20)19-9-11-4-5-13(25-11)17(21)22/h4-5,7-8H,3,6,9H2,1-2H3,(H,19,20)(H,21,22). The predicted molar refractivity (Wildman–Crippen MR) is 90.6 cm³/mol. The third kappa shape index (κ3) is 4.67. The second kappa shape index (κ2) is 8.43. The van der Waals surface area contributed by atoms with Crippen molar-refractivity contribution in [3.63, 3.8) is 0 Å². The molecule has 1 amide bonds. The van der Waals surface area contributed by atoms with Gasteiger partial charge in [-0.3, -0.25) is 4.79 Å². The first-order valence-corrected chi connectivity index (χ1v) is 7.94. The van der Waals surface area contributed by atoms with Gasteiger partial charge in [-0.05, 0) is 30.7 Å². The van der Waals surface area contributed by atoms with Crippen LogP contribution in [0.15, 0.2) is 28.7 Å². The molecule has 0 bridgehead atoms. The summed E-state index contributed by atoms with van der Waals surface area (Å²) in [6.07, 6.45) is 0.809. The molecule has 7 nitrogen and oxygen atoms in total. The summed E-state index contributed by atoms with van der Waals surface area (Å²) < 4.78 is 15.8. The molecule has 0 aliphatic rings. The maximum Gasteiger partial charge on any atom is 0.371 e. The van der Waals surface area contributed by atoms with E-state index >= 15 is 0 Å². The highest BCUT2D eigenvalue weighted by Crippen LogP contribution is 2.36. The molecule has 25 heavy (non-hydrogen) atoms. The first-order valence-electron chi connectivity index (χ1n) is 7.56. The summed E-state index contributed by atoms with van der Waals surface area (Å²) in [7, 11) is 1.46. The van der Waals surface area contributed by atoms with E-state index in [0.29, 0.717) is 23.9 Å². The van der Waals surface area contributed by atoms with Crippen LogP contribution in [-0.2, 0) is 6.54 Å². The molecular weight excluding hydrogens is 350 g/mol. The van der Waals surface area contributed by atoms with Gasteiger partial charge < -0.3 is 24.3 Å². The molecule has 0 aliphatic heterocycles. The van der Waals surface area contributed by atoms with Crippen molar-refractivity contribution in [2.24, 2.45) is 0 Å². The zero-order valence-electron chi connectivity index (χ0n) is 13.8. The van der Waals surface area contributed by atoms with Crippen molar-refractivity contribution < 1.29 is 28.6 Å². The highest BCUT2D eigenvalue weighted by Gasteiger charge is 2.16. The second-order valence-corrected chi connectivity index (χ2v) is 5.50. The maximum atomic E-state index is 12.3. The van der Waals surface area contributed by atoms with E-state index in [9.17, 15) is 9.59 Å². The number of rotatable bonds is 8. The molecule has 0 saturated heterocycles. The second-order valence-electron chi connectivity index (χ2n) is 5.09. The number of benzene rings is 1. The molecule has 0 saturated carbocycles. The van der Waals surface area contributed by atoms with Gasteiger partial charge in [0.1, 0.15) is 5.76 Å². The van der Waals surface area contributed by atoms with Gasteiger partial charge in [-0.25, -0.2) is 4.79 Å². The van der Waals surface area contributed by atoms with Crippen LogP contribution >= 0.6 is 11.6 Å². The quantitative estimate of drug-likeness (QED) is 0.742. The van der Waals surface area contributed by atoms with Crippen molar-refractivity contribution in [1.29, 1.82) is 0 Å². The van der Waals surface area contributed by atoms with Crippen molar-refractivity contribution in [3.8, 4) is 11.5 Å². The number of hydrogen-bond acceptors (Lipinski definition) is 5. The van der Waals surface area contributed by atoms with Gasteiger partial charge in [-0.1, -0.05) is 18.5 Å². The van der Waals surface area contributed by atoms with Crippen LogP contribution in [0.5, 0.6) is 11.5 Å². The lowest BCUT2D eigenvalue weighted by Gasteiger charge is -2.13. The van der Waals surface area contributed by atoms with Gasteiger partial charge in [0.15, 0.2) is 11.5 Å². The fourth-order valence-electron chi connectivity index (χ4n) is 2.05. The van der Waals surface area contributed by atoms with E-state index < -0.39 is 11.9 Å². The van der Waals surface area contributed by atoms with E-state index in [0.717, 1.165) is 6.42 Å². The van der Waals surface area contributed by atoms with Crippen molar-refractivity contribution >= 4 is 23.5 Å². The van der Waals surface area contributed by atoms with Crippen LogP contribution in [0.3, 0.4) is 0 Å². The maximum absolute atomic E-state index is 12.3. The number of aromatic carboxylic acids is 1. The number of nitrogens with one attached hydrogen (secondary N) is 1. The van der Waals surface area contributed by atoms with Gasteiger partial charge in [0.05, 0.1) is 25.3 Å². The molecule has 0 unspecified atom stereocenters. The van der Waals surface area contributed by atoms with Gasteiger partial charge in [-0.15, -0.1) is 0 Å². The summed E-state index contributed by atoms with van der Waals surface area (Å²) in [6.45, 7) is 2.48. The highest BCUT2D eigenvalue weighted by atomic mass is 35.5. The zero-order chi connectivity index (χ0) is 18.4. The van der Waals surface area contributed by atoms with Crippen LogP contribution in [0.1, 0.15) is 40.0 Å². The third-order valence-electron chi connectivity index (χ3n) is 3.24. The summed E-state index contributed by atoms with van der Waals surface area (Å²) in [5, 5.41) is 11.7. The van der Waals surface area contributed by atoms with E-state index in [4.69, 9.17) is 30.6 Å². The summed E-state index contributed by atoms with van der Waals surface area (Å²) >= 11 is 6.18. The van der Waals surface area contributed by atoms with Crippen LogP contribution in [0.2, 0.25) is 5.02 Å². The number of hydrogen-bond donors (Lipinski definition) is 2. The number of amides is 1. The van der Waals surface area contributed by atoms with E-state index in [1.807, 2.05) is 6.92 Å². The average Bonchev–Trinajstić information content (AvgIpc) is 3.07. The molecule has 8 heteroatoms. The molecule has 1 aromatic carbocycles. The molecule has 134 valence electrons. The number of carbonyl (C=O) groups excluding carboxylic acids is 1. The topological polar surface area (TPSA) is 98.0 Å². The van der Waals surface area contributed by atoms with E-state index in [2.05, 4.69) is 5.32 Å². The van der Waals surface area contributed by atoms with Crippen molar-refractivity contribution in [2.45, 2.75) is 19.9 Å². The monoisotopic (exact) mass is 367 g/mol. The van der Waals surface area contributed by atoms with Crippen molar-refractivity contribution in [1.82, 2.24) is 5.32 Å². The Bertz CT molecular complexity index is 770. The normalized spacial score (nSPS) is 10.4. The molecule has 0 aliphatic carbocycles. The minimum absolute atomic E-state index is 0.0418. The Kier molecular flexibility index (Phi) is 6.30. The summed E-state index contributed by atoms with van der Waals surface area (Å²) in [6, 6.07) is 5.81. The fourth-order valence-corrected chi connectivity index (χ4v) is 2.32. The van der Waals surface area contributed by atoms with E-state index in [1.165, 1.54) is 31.4 Å². The van der Waals surface area contributed by atoms with Gasteiger partial charge in [0, 0.05) is 5.56 Å². The van der Waals surface area contributed by atoms with E-state index in [-0.39, 0.29) is 22.9 Å². The molecule has 2 aromatic rings. The molecule has 0 atom stereocenters. The molecule has 0 radical (unpaired) electrons. The Labute approximate surface area is 149 Å². The largest absolute Gasteiger partial charge is 0.493 e. The van der Waals surface area contributed by atoms with Gasteiger partial charge >= 0.3 is 5.97 Å².